The Kier molecular flexibility index (Phi) is 4.51. The molecule has 1 aromatic carbocycles. The van der Waals surface area contributed by atoms with Crippen LogP contribution in [0.15, 0.2) is 36.4 Å². The van der Waals surface area contributed by atoms with Gasteiger partial charge in [0.1, 0.15) is 6.54 Å². The van der Waals surface area contributed by atoms with Crippen LogP contribution in [-0.2, 0) is 16.8 Å². The molecule has 4 nitrogen and oxygen atoms in total. The normalized spacial score (nSPS) is 16.4. The first-order valence-corrected chi connectivity index (χ1v) is 8.42. The minimum absolute atomic E-state index is 0.0402. The molecule has 1 aliphatic carbocycles. The van der Waals surface area contributed by atoms with Crippen molar-refractivity contribution in [2.45, 2.75) is 51.5 Å². The van der Waals surface area contributed by atoms with E-state index in [1.807, 2.05) is 26.0 Å². The molecule has 0 radical (unpaired) electrons. The topological polar surface area (TPSA) is 46.9 Å². The Balaban J connectivity index is 1.65. The fraction of sp³-hybridized carbons (Fsp3) is 0.474. The number of benzene rings is 1. The summed E-state index contributed by atoms with van der Waals surface area (Å²) in [6, 6.07) is 12.6. The van der Waals surface area contributed by atoms with E-state index >= 15 is 0 Å². The summed E-state index contributed by atoms with van der Waals surface area (Å²) < 4.78 is 1.77. The monoisotopic (exact) mass is 311 g/mol. The largest absolute Gasteiger partial charge is 0.354 e. The molecule has 122 valence electrons. The van der Waals surface area contributed by atoms with Crippen LogP contribution >= 0.6 is 0 Å². The molecule has 1 saturated carbocycles. The number of amides is 1. The van der Waals surface area contributed by atoms with Crippen LogP contribution in [0, 0.1) is 13.8 Å². The summed E-state index contributed by atoms with van der Waals surface area (Å²) in [6.45, 7) is 4.94. The van der Waals surface area contributed by atoms with E-state index in [1.54, 1.807) is 4.68 Å². The van der Waals surface area contributed by atoms with Crippen molar-refractivity contribution in [2.75, 3.05) is 6.54 Å². The molecule has 1 aromatic heterocycles. The van der Waals surface area contributed by atoms with E-state index in [-0.39, 0.29) is 11.3 Å². The number of aromatic nitrogens is 2. The van der Waals surface area contributed by atoms with Gasteiger partial charge in [-0.3, -0.25) is 9.48 Å². The van der Waals surface area contributed by atoms with Crippen molar-refractivity contribution >= 4 is 5.91 Å². The molecule has 0 aliphatic heterocycles. The van der Waals surface area contributed by atoms with E-state index in [2.05, 4.69) is 34.7 Å². The molecule has 0 bridgehead atoms. The Hall–Kier alpha value is -2.10. The van der Waals surface area contributed by atoms with Crippen LogP contribution in [0.5, 0.6) is 0 Å². The van der Waals surface area contributed by atoms with E-state index in [9.17, 15) is 4.79 Å². The summed E-state index contributed by atoms with van der Waals surface area (Å²) in [5, 5.41) is 7.51. The lowest BCUT2D eigenvalue weighted by Gasteiger charge is -2.30. The van der Waals surface area contributed by atoms with Gasteiger partial charge in [-0.1, -0.05) is 43.2 Å². The van der Waals surface area contributed by atoms with E-state index < -0.39 is 0 Å². The van der Waals surface area contributed by atoms with Gasteiger partial charge in [0.2, 0.25) is 5.91 Å². The number of carbonyl (C=O) groups is 1. The van der Waals surface area contributed by atoms with Gasteiger partial charge >= 0.3 is 0 Å². The molecule has 1 aliphatic rings. The van der Waals surface area contributed by atoms with Crippen LogP contribution in [0.4, 0.5) is 0 Å². The third-order valence-corrected chi connectivity index (χ3v) is 4.97. The maximum absolute atomic E-state index is 12.3. The summed E-state index contributed by atoms with van der Waals surface area (Å²) in [5.74, 6) is 0.0402. The first-order valence-electron chi connectivity index (χ1n) is 8.42. The number of aryl methyl sites for hydroxylation is 2. The van der Waals surface area contributed by atoms with Crippen LogP contribution in [0.1, 0.15) is 42.6 Å². The molecule has 4 heteroatoms. The first kappa shape index (κ1) is 15.8. The molecule has 23 heavy (non-hydrogen) atoms. The average molecular weight is 311 g/mol. The highest BCUT2D eigenvalue weighted by Crippen LogP contribution is 2.40. The highest BCUT2D eigenvalue weighted by atomic mass is 16.2. The Morgan fingerprint density at radius 1 is 1.22 bits per heavy atom. The zero-order valence-electron chi connectivity index (χ0n) is 14.0. The van der Waals surface area contributed by atoms with Crippen LogP contribution in [0.2, 0.25) is 0 Å². The van der Waals surface area contributed by atoms with Crippen LogP contribution in [-0.4, -0.2) is 22.2 Å². The van der Waals surface area contributed by atoms with Crippen LogP contribution < -0.4 is 5.32 Å². The van der Waals surface area contributed by atoms with Crippen LogP contribution in [0.3, 0.4) is 0 Å². The summed E-state index contributed by atoms with van der Waals surface area (Å²) in [7, 11) is 0. The van der Waals surface area contributed by atoms with Crippen molar-refractivity contribution in [3.63, 3.8) is 0 Å². The van der Waals surface area contributed by atoms with Crippen molar-refractivity contribution in [2.24, 2.45) is 0 Å². The van der Waals surface area contributed by atoms with Gasteiger partial charge in [0.25, 0.3) is 0 Å². The van der Waals surface area contributed by atoms with Crippen LogP contribution in [0.25, 0.3) is 0 Å². The fourth-order valence-electron chi connectivity index (χ4n) is 3.71. The molecule has 0 unspecified atom stereocenters. The number of hydrogen-bond acceptors (Lipinski definition) is 2. The maximum Gasteiger partial charge on any atom is 0.241 e. The number of carbonyl (C=O) groups excluding carboxylic acids is 1. The molecule has 3 rings (SSSR count). The fourth-order valence-corrected chi connectivity index (χ4v) is 3.71. The standard InChI is InChI=1S/C19H25N3O/c1-15-12-16(2)22(21-15)13-18(23)20-14-19(10-6-7-11-19)17-8-4-3-5-9-17/h3-5,8-9,12H,6-7,10-11,13-14H2,1-2H3,(H,20,23). The lowest BCUT2D eigenvalue weighted by Crippen LogP contribution is -2.40. The predicted molar refractivity (Wildman–Crippen MR) is 91.3 cm³/mol. The Morgan fingerprint density at radius 3 is 2.52 bits per heavy atom. The highest BCUT2D eigenvalue weighted by Gasteiger charge is 2.35. The highest BCUT2D eigenvalue weighted by molar-refractivity contribution is 5.75. The molecule has 0 atom stereocenters. The van der Waals surface area contributed by atoms with E-state index in [0.29, 0.717) is 6.54 Å². The van der Waals surface area contributed by atoms with Gasteiger partial charge in [-0.15, -0.1) is 0 Å². The lowest BCUT2D eigenvalue weighted by molar-refractivity contribution is -0.122. The number of rotatable bonds is 5. The summed E-state index contributed by atoms with van der Waals surface area (Å²) >= 11 is 0. The molecule has 2 aromatic rings. The number of nitrogens with zero attached hydrogens (tertiary/aromatic N) is 2. The molecule has 1 N–H and O–H groups in total. The first-order chi connectivity index (χ1) is 11.1. The SMILES string of the molecule is Cc1cc(C)n(CC(=O)NCC2(c3ccccc3)CCCC2)n1. The molecular weight excluding hydrogens is 286 g/mol. The van der Waals surface area contributed by atoms with Crippen molar-refractivity contribution in [1.29, 1.82) is 0 Å². The van der Waals surface area contributed by atoms with E-state index in [0.717, 1.165) is 30.8 Å². The summed E-state index contributed by atoms with van der Waals surface area (Å²) in [5.41, 5.74) is 3.43. The lowest BCUT2D eigenvalue weighted by atomic mass is 9.79. The van der Waals surface area contributed by atoms with Gasteiger partial charge in [0.15, 0.2) is 0 Å². The van der Waals surface area contributed by atoms with Gasteiger partial charge in [0, 0.05) is 17.7 Å². The van der Waals surface area contributed by atoms with Crippen molar-refractivity contribution in [3.8, 4) is 0 Å². The van der Waals surface area contributed by atoms with Crippen molar-refractivity contribution < 1.29 is 4.79 Å². The molecule has 1 amide bonds. The van der Waals surface area contributed by atoms with Gasteiger partial charge in [-0.05, 0) is 38.3 Å². The third kappa shape index (κ3) is 3.46. The molecule has 1 fully saturated rings. The summed E-state index contributed by atoms with van der Waals surface area (Å²) in [6.07, 6.45) is 4.78. The van der Waals surface area contributed by atoms with Crippen molar-refractivity contribution in [1.82, 2.24) is 15.1 Å². The molecular formula is C19H25N3O. The second-order valence-corrected chi connectivity index (χ2v) is 6.71. The van der Waals surface area contributed by atoms with Crippen molar-refractivity contribution in [3.05, 3.63) is 53.3 Å². The van der Waals surface area contributed by atoms with Gasteiger partial charge < -0.3 is 5.32 Å². The van der Waals surface area contributed by atoms with Gasteiger partial charge in [-0.2, -0.15) is 5.10 Å². The minimum atomic E-state index is 0.0402. The smallest absolute Gasteiger partial charge is 0.241 e. The molecule has 1 heterocycles. The molecule has 0 saturated heterocycles. The van der Waals surface area contributed by atoms with E-state index in [4.69, 9.17) is 0 Å². The minimum Gasteiger partial charge on any atom is -0.354 e. The zero-order chi connectivity index (χ0) is 16.3. The predicted octanol–water partition coefficient (Wildman–Crippen LogP) is 3.13. The van der Waals surface area contributed by atoms with Gasteiger partial charge in [0.05, 0.1) is 5.69 Å². The quantitative estimate of drug-likeness (QED) is 0.922. The Morgan fingerprint density at radius 2 is 1.91 bits per heavy atom. The Labute approximate surface area is 137 Å². The number of nitrogens with one attached hydrogen (secondary N) is 1. The summed E-state index contributed by atoms with van der Waals surface area (Å²) in [4.78, 5) is 12.3. The number of hydrogen-bond donors (Lipinski definition) is 1. The molecule has 0 spiro atoms. The van der Waals surface area contributed by atoms with Gasteiger partial charge in [-0.25, -0.2) is 0 Å². The zero-order valence-corrected chi connectivity index (χ0v) is 14.0. The average Bonchev–Trinajstić information content (AvgIpc) is 3.14. The van der Waals surface area contributed by atoms with E-state index in [1.165, 1.54) is 18.4 Å². The second-order valence-electron chi connectivity index (χ2n) is 6.71. The Bertz CT molecular complexity index is 669. The third-order valence-electron chi connectivity index (χ3n) is 4.97. The second kappa shape index (κ2) is 6.57. The maximum atomic E-state index is 12.3.